The van der Waals surface area contributed by atoms with Crippen molar-refractivity contribution in [2.75, 3.05) is 11.9 Å². The molecule has 0 saturated heterocycles. The van der Waals surface area contributed by atoms with Crippen LogP contribution in [0.15, 0.2) is 30.5 Å². The molecular weight excluding hydrogens is 315 g/mol. The number of hydrogen-bond donors (Lipinski definition) is 3. The van der Waals surface area contributed by atoms with Gasteiger partial charge >= 0.3 is 6.03 Å². The Kier molecular flexibility index (Phi) is 5.06. The molecule has 0 fully saturated rings. The van der Waals surface area contributed by atoms with E-state index in [0.717, 1.165) is 0 Å². The minimum atomic E-state index is -0.441. The monoisotopic (exact) mass is 328 g/mol. The summed E-state index contributed by atoms with van der Waals surface area (Å²) in [7, 11) is 0. The molecule has 1 aromatic heterocycles. The van der Waals surface area contributed by atoms with Gasteiger partial charge in [-0.15, -0.1) is 5.10 Å². The maximum absolute atomic E-state index is 11.6. The van der Waals surface area contributed by atoms with Gasteiger partial charge in [0.05, 0.1) is 23.4 Å². The van der Waals surface area contributed by atoms with Crippen LogP contribution in [0.2, 0.25) is 10.0 Å². The third-order valence-corrected chi connectivity index (χ3v) is 3.18. The summed E-state index contributed by atoms with van der Waals surface area (Å²) in [4.78, 5) is 11.6. The number of urea groups is 1. The van der Waals surface area contributed by atoms with Crippen LogP contribution >= 0.6 is 23.2 Å². The highest BCUT2D eigenvalue weighted by atomic mass is 35.5. The second-order valence-electron chi connectivity index (χ2n) is 4.42. The van der Waals surface area contributed by atoms with Crippen LogP contribution in [-0.4, -0.2) is 33.6 Å². The lowest BCUT2D eigenvalue weighted by atomic mass is 10.3. The van der Waals surface area contributed by atoms with Gasteiger partial charge in [-0.25, -0.2) is 9.48 Å². The number of carbonyl (C=O) groups excluding carboxylic acids is 1. The number of aromatic nitrogens is 2. The van der Waals surface area contributed by atoms with Crippen molar-refractivity contribution >= 4 is 35.1 Å². The Balaban J connectivity index is 2.09. The highest BCUT2D eigenvalue weighted by molar-refractivity contribution is 6.35. The zero-order valence-corrected chi connectivity index (χ0v) is 12.7. The Labute approximate surface area is 131 Å². The molecule has 0 radical (unpaired) electrons. The van der Waals surface area contributed by atoms with Crippen molar-refractivity contribution in [1.82, 2.24) is 15.1 Å². The van der Waals surface area contributed by atoms with Crippen molar-refractivity contribution in [2.45, 2.75) is 13.0 Å². The van der Waals surface area contributed by atoms with Crippen LogP contribution in [0.5, 0.6) is 0 Å². The van der Waals surface area contributed by atoms with Crippen molar-refractivity contribution in [3.05, 3.63) is 40.5 Å². The van der Waals surface area contributed by atoms with E-state index in [1.807, 2.05) is 0 Å². The first-order chi connectivity index (χ1) is 9.99. The van der Waals surface area contributed by atoms with Crippen molar-refractivity contribution in [1.29, 1.82) is 0 Å². The Morgan fingerprint density at radius 2 is 2.19 bits per heavy atom. The summed E-state index contributed by atoms with van der Waals surface area (Å²) in [5.41, 5.74) is 0.651. The molecule has 0 saturated carbocycles. The number of nitrogens with zero attached hydrogens (tertiary/aromatic N) is 2. The van der Waals surface area contributed by atoms with Crippen LogP contribution in [0.1, 0.15) is 6.92 Å². The van der Waals surface area contributed by atoms with Gasteiger partial charge < -0.3 is 10.4 Å². The topological polar surface area (TPSA) is 79.2 Å². The average molecular weight is 329 g/mol. The molecule has 3 N–H and O–H groups in total. The minimum Gasteiger partial charge on any atom is -0.394 e. The van der Waals surface area contributed by atoms with Crippen LogP contribution in [0.3, 0.4) is 0 Å². The van der Waals surface area contributed by atoms with Gasteiger partial charge in [0.15, 0.2) is 5.82 Å². The summed E-state index contributed by atoms with van der Waals surface area (Å²) in [6, 6.07) is 5.90. The number of benzene rings is 1. The molecule has 112 valence electrons. The maximum Gasteiger partial charge on any atom is 0.320 e. The highest BCUT2D eigenvalue weighted by Crippen LogP contribution is 2.24. The molecular formula is C13H14Cl2N4O2. The van der Waals surface area contributed by atoms with E-state index in [1.54, 1.807) is 37.4 Å². The largest absolute Gasteiger partial charge is 0.394 e. The lowest BCUT2D eigenvalue weighted by molar-refractivity contribution is 0.229. The zero-order valence-electron chi connectivity index (χ0n) is 11.2. The molecule has 0 bridgehead atoms. The summed E-state index contributed by atoms with van der Waals surface area (Å²) in [6.45, 7) is 1.55. The lowest BCUT2D eigenvalue weighted by Crippen LogP contribution is -2.38. The molecule has 21 heavy (non-hydrogen) atoms. The molecule has 2 rings (SSSR count). The van der Waals surface area contributed by atoms with Crippen LogP contribution < -0.4 is 10.6 Å². The van der Waals surface area contributed by atoms with Crippen LogP contribution in [0, 0.1) is 0 Å². The number of hydrogen-bond acceptors (Lipinski definition) is 3. The first kappa shape index (κ1) is 15.6. The van der Waals surface area contributed by atoms with E-state index in [1.165, 1.54) is 4.68 Å². The minimum absolute atomic E-state index is 0.137. The molecule has 2 aromatic rings. The van der Waals surface area contributed by atoms with Crippen molar-refractivity contribution in [2.24, 2.45) is 0 Å². The number of aliphatic hydroxyl groups is 1. The Hall–Kier alpha value is -1.76. The number of halogens is 2. The van der Waals surface area contributed by atoms with Gasteiger partial charge in [-0.1, -0.05) is 23.2 Å². The van der Waals surface area contributed by atoms with Gasteiger partial charge in [0.25, 0.3) is 0 Å². The summed E-state index contributed by atoms with van der Waals surface area (Å²) < 4.78 is 1.53. The summed E-state index contributed by atoms with van der Waals surface area (Å²) in [5.74, 6) is 0.364. The fourth-order valence-corrected chi connectivity index (χ4v) is 2.11. The van der Waals surface area contributed by atoms with Gasteiger partial charge in [0.2, 0.25) is 0 Å². The quantitative estimate of drug-likeness (QED) is 0.807. The predicted octanol–water partition coefficient (Wildman–Crippen LogP) is 2.68. The molecule has 2 amide bonds. The second-order valence-corrected chi connectivity index (χ2v) is 5.27. The summed E-state index contributed by atoms with van der Waals surface area (Å²) in [5, 5.41) is 19.2. The van der Waals surface area contributed by atoms with E-state index < -0.39 is 6.03 Å². The summed E-state index contributed by atoms with van der Waals surface area (Å²) in [6.07, 6.45) is 1.67. The van der Waals surface area contributed by atoms with Crippen molar-refractivity contribution in [3.63, 3.8) is 0 Å². The number of carbonyl (C=O) groups is 1. The normalized spacial score (nSPS) is 12.0. The predicted molar refractivity (Wildman–Crippen MR) is 82.3 cm³/mol. The standard InChI is InChI=1S/C13H14Cl2N4O2/c1-8(7-20)16-13(21)17-12-4-5-19(18-12)11-3-2-9(14)6-10(11)15/h2-6,8,20H,7H2,1H3,(H2,16,17,18,21). The molecule has 0 aliphatic heterocycles. The van der Waals surface area contributed by atoms with E-state index in [9.17, 15) is 4.79 Å². The molecule has 0 aliphatic rings. The Bertz CT molecular complexity index is 645. The number of anilines is 1. The lowest BCUT2D eigenvalue weighted by Gasteiger charge is -2.10. The van der Waals surface area contributed by atoms with Crippen molar-refractivity contribution < 1.29 is 9.90 Å². The van der Waals surface area contributed by atoms with Crippen LogP contribution in [0.4, 0.5) is 10.6 Å². The third kappa shape index (κ3) is 4.10. The Morgan fingerprint density at radius 1 is 1.43 bits per heavy atom. The van der Waals surface area contributed by atoms with E-state index in [4.69, 9.17) is 28.3 Å². The molecule has 0 aliphatic carbocycles. The highest BCUT2D eigenvalue weighted by Gasteiger charge is 2.10. The molecule has 6 nitrogen and oxygen atoms in total. The van der Waals surface area contributed by atoms with Gasteiger partial charge in [-0.2, -0.15) is 0 Å². The fraction of sp³-hybridized carbons (Fsp3) is 0.231. The fourth-order valence-electron chi connectivity index (χ4n) is 1.61. The average Bonchev–Trinajstić information content (AvgIpc) is 2.86. The smallest absolute Gasteiger partial charge is 0.320 e. The summed E-state index contributed by atoms with van der Waals surface area (Å²) >= 11 is 11.9. The first-order valence-corrected chi connectivity index (χ1v) is 6.94. The number of nitrogens with one attached hydrogen (secondary N) is 2. The van der Waals surface area contributed by atoms with Crippen molar-refractivity contribution in [3.8, 4) is 5.69 Å². The molecule has 1 unspecified atom stereocenters. The van der Waals surface area contributed by atoms with E-state index in [0.29, 0.717) is 21.6 Å². The zero-order chi connectivity index (χ0) is 15.4. The third-order valence-electron chi connectivity index (χ3n) is 2.64. The number of amides is 2. The number of rotatable bonds is 4. The van der Waals surface area contributed by atoms with Crippen LogP contribution in [-0.2, 0) is 0 Å². The molecule has 1 aromatic carbocycles. The van der Waals surface area contributed by atoms with Gasteiger partial charge in [-0.05, 0) is 25.1 Å². The maximum atomic E-state index is 11.6. The Morgan fingerprint density at radius 3 is 2.86 bits per heavy atom. The van der Waals surface area contributed by atoms with Gasteiger partial charge in [0.1, 0.15) is 0 Å². The second kappa shape index (κ2) is 6.80. The molecule has 8 heteroatoms. The van der Waals surface area contributed by atoms with Crippen LogP contribution in [0.25, 0.3) is 5.69 Å². The van der Waals surface area contributed by atoms with E-state index in [2.05, 4.69) is 15.7 Å². The van der Waals surface area contributed by atoms with Gasteiger partial charge in [-0.3, -0.25) is 5.32 Å². The molecule has 0 spiro atoms. The van der Waals surface area contributed by atoms with E-state index >= 15 is 0 Å². The molecule has 1 atom stereocenters. The number of aliphatic hydroxyl groups excluding tert-OH is 1. The van der Waals surface area contributed by atoms with Gasteiger partial charge in [0, 0.05) is 17.3 Å². The molecule has 1 heterocycles. The van der Waals surface area contributed by atoms with E-state index in [-0.39, 0.29) is 12.6 Å². The first-order valence-electron chi connectivity index (χ1n) is 6.19. The SMILES string of the molecule is CC(CO)NC(=O)Nc1ccn(-c2ccc(Cl)cc2Cl)n1.